The maximum atomic E-state index is 11.9. The molecular formula is C15H19N3O6. The number of nitrogens with one attached hydrogen (secondary N) is 2. The highest BCUT2D eigenvalue weighted by Crippen LogP contribution is 2.01. The highest BCUT2D eigenvalue weighted by atomic mass is 16.5. The fourth-order valence-corrected chi connectivity index (χ4v) is 1.71. The van der Waals surface area contributed by atoms with E-state index in [2.05, 4.69) is 10.6 Å². The molecular weight excluding hydrogens is 318 g/mol. The summed E-state index contributed by atoms with van der Waals surface area (Å²) in [6.07, 6.45) is -1.38. The van der Waals surface area contributed by atoms with Crippen molar-refractivity contribution in [2.24, 2.45) is 5.73 Å². The first-order valence-electron chi connectivity index (χ1n) is 7.08. The molecule has 0 radical (unpaired) electrons. The molecule has 0 aromatic heterocycles. The number of hydrogen-bond acceptors (Lipinski definition) is 5. The van der Waals surface area contributed by atoms with Crippen LogP contribution in [0.3, 0.4) is 0 Å². The summed E-state index contributed by atoms with van der Waals surface area (Å²) < 4.78 is 4.95. The average molecular weight is 337 g/mol. The molecule has 9 nitrogen and oxygen atoms in total. The van der Waals surface area contributed by atoms with Gasteiger partial charge < -0.3 is 26.2 Å². The summed E-state index contributed by atoms with van der Waals surface area (Å²) in [4.78, 5) is 45.2. The van der Waals surface area contributed by atoms with Crippen LogP contribution in [0.2, 0.25) is 0 Å². The highest BCUT2D eigenvalue weighted by molar-refractivity contribution is 5.91. The lowest BCUT2D eigenvalue weighted by atomic mass is 10.2. The van der Waals surface area contributed by atoms with Crippen LogP contribution in [0, 0.1) is 0 Å². The van der Waals surface area contributed by atoms with E-state index in [0.29, 0.717) is 0 Å². The number of carboxylic acid groups (broad SMARTS) is 1. The Bertz CT molecular complexity index is 604. The van der Waals surface area contributed by atoms with Gasteiger partial charge in [-0.1, -0.05) is 30.3 Å². The molecule has 9 heteroatoms. The molecule has 3 amide bonds. The molecule has 0 heterocycles. The summed E-state index contributed by atoms with van der Waals surface area (Å²) in [6.45, 7) is 1.38. The van der Waals surface area contributed by atoms with Gasteiger partial charge in [-0.2, -0.15) is 0 Å². The molecule has 0 unspecified atom stereocenters. The summed E-state index contributed by atoms with van der Waals surface area (Å²) in [7, 11) is 0. The van der Waals surface area contributed by atoms with Crippen molar-refractivity contribution in [3.63, 3.8) is 0 Å². The number of primary amides is 1. The number of carbonyl (C=O) groups is 4. The predicted molar refractivity (Wildman–Crippen MR) is 82.6 cm³/mol. The second kappa shape index (κ2) is 9.13. The Morgan fingerprint density at radius 1 is 1.17 bits per heavy atom. The minimum atomic E-state index is -1.46. The second-order valence-corrected chi connectivity index (χ2v) is 5.00. The Balaban J connectivity index is 2.45. The van der Waals surface area contributed by atoms with Gasteiger partial charge in [-0.25, -0.2) is 9.59 Å². The van der Waals surface area contributed by atoms with Crippen molar-refractivity contribution in [3.05, 3.63) is 35.9 Å². The largest absolute Gasteiger partial charge is 0.480 e. The Morgan fingerprint density at radius 3 is 2.33 bits per heavy atom. The van der Waals surface area contributed by atoms with E-state index in [1.807, 2.05) is 6.07 Å². The van der Waals surface area contributed by atoms with Crippen LogP contribution in [0.5, 0.6) is 0 Å². The van der Waals surface area contributed by atoms with Crippen molar-refractivity contribution >= 4 is 23.9 Å². The summed E-state index contributed by atoms with van der Waals surface area (Å²) >= 11 is 0. The SMILES string of the molecule is C[C@@H](NC(=O)OCc1ccccc1)C(=O)N[C@H](CC(N)=O)C(=O)O. The minimum absolute atomic E-state index is 0.0282. The van der Waals surface area contributed by atoms with E-state index in [4.69, 9.17) is 15.6 Å². The van der Waals surface area contributed by atoms with E-state index in [0.717, 1.165) is 5.56 Å². The molecule has 0 spiro atoms. The van der Waals surface area contributed by atoms with Crippen LogP contribution in [0.4, 0.5) is 4.79 Å². The van der Waals surface area contributed by atoms with Crippen LogP contribution in [-0.2, 0) is 25.7 Å². The van der Waals surface area contributed by atoms with Crippen molar-refractivity contribution in [1.29, 1.82) is 0 Å². The van der Waals surface area contributed by atoms with E-state index in [9.17, 15) is 19.2 Å². The van der Waals surface area contributed by atoms with Gasteiger partial charge in [0.2, 0.25) is 11.8 Å². The highest BCUT2D eigenvalue weighted by Gasteiger charge is 2.25. The minimum Gasteiger partial charge on any atom is -0.480 e. The van der Waals surface area contributed by atoms with Crippen LogP contribution >= 0.6 is 0 Å². The number of benzene rings is 1. The van der Waals surface area contributed by atoms with Gasteiger partial charge in [-0.15, -0.1) is 0 Å². The first-order valence-corrected chi connectivity index (χ1v) is 7.08. The molecule has 1 aromatic carbocycles. The van der Waals surface area contributed by atoms with Gasteiger partial charge in [-0.05, 0) is 12.5 Å². The van der Waals surface area contributed by atoms with Crippen molar-refractivity contribution in [3.8, 4) is 0 Å². The van der Waals surface area contributed by atoms with Gasteiger partial charge in [0.25, 0.3) is 0 Å². The number of hydrogen-bond donors (Lipinski definition) is 4. The molecule has 0 saturated heterocycles. The van der Waals surface area contributed by atoms with E-state index in [1.165, 1.54) is 6.92 Å². The van der Waals surface area contributed by atoms with Crippen molar-refractivity contribution in [2.45, 2.75) is 32.0 Å². The summed E-state index contributed by atoms with van der Waals surface area (Å²) in [5, 5.41) is 13.3. The predicted octanol–water partition coefficient (Wildman–Crippen LogP) is -0.254. The molecule has 0 aliphatic rings. The fraction of sp³-hybridized carbons (Fsp3) is 0.333. The van der Waals surface area contributed by atoms with Crippen LogP contribution in [0.1, 0.15) is 18.9 Å². The number of rotatable bonds is 8. The number of ether oxygens (including phenoxy) is 1. The Kier molecular flexibility index (Phi) is 7.21. The number of carbonyl (C=O) groups excluding carboxylic acids is 3. The van der Waals surface area contributed by atoms with Crippen molar-refractivity contribution in [2.75, 3.05) is 0 Å². The molecule has 1 rings (SSSR count). The maximum absolute atomic E-state index is 11.9. The third-order valence-electron chi connectivity index (χ3n) is 2.96. The summed E-state index contributed by atoms with van der Waals surface area (Å²) in [5.74, 6) is -3.05. The number of alkyl carbamates (subject to hydrolysis) is 1. The molecule has 0 fully saturated rings. The van der Waals surface area contributed by atoms with Crippen LogP contribution in [0.25, 0.3) is 0 Å². The lowest BCUT2D eigenvalue weighted by molar-refractivity contribution is -0.143. The molecule has 24 heavy (non-hydrogen) atoms. The average Bonchev–Trinajstić information content (AvgIpc) is 2.52. The zero-order valence-electron chi connectivity index (χ0n) is 13.0. The lowest BCUT2D eigenvalue weighted by Gasteiger charge is -2.17. The van der Waals surface area contributed by atoms with Gasteiger partial charge >= 0.3 is 12.1 Å². The normalized spacial score (nSPS) is 12.5. The van der Waals surface area contributed by atoms with Crippen LogP contribution < -0.4 is 16.4 Å². The van der Waals surface area contributed by atoms with Gasteiger partial charge in [-0.3, -0.25) is 9.59 Å². The zero-order valence-corrected chi connectivity index (χ0v) is 13.0. The summed E-state index contributed by atoms with van der Waals surface area (Å²) in [5.41, 5.74) is 5.69. The number of carboxylic acids is 1. The molecule has 2 atom stereocenters. The number of nitrogens with two attached hydrogens (primary N) is 1. The Labute approximate surface area is 138 Å². The fourth-order valence-electron chi connectivity index (χ4n) is 1.71. The van der Waals surface area contributed by atoms with E-state index < -0.39 is 42.4 Å². The van der Waals surface area contributed by atoms with Gasteiger partial charge in [0, 0.05) is 0 Å². The number of amides is 3. The molecule has 130 valence electrons. The quantitative estimate of drug-likeness (QED) is 0.514. The maximum Gasteiger partial charge on any atom is 0.408 e. The smallest absolute Gasteiger partial charge is 0.408 e. The van der Waals surface area contributed by atoms with Crippen molar-refractivity contribution in [1.82, 2.24) is 10.6 Å². The summed E-state index contributed by atoms with van der Waals surface area (Å²) in [6, 6.07) is 6.42. The zero-order chi connectivity index (χ0) is 18.1. The van der Waals surface area contributed by atoms with E-state index >= 15 is 0 Å². The molecule has 0 aliphatic carbocycles. The molecule has 0 bridgehead atoms. The molecule has 5 N–H and O–H groups in total. The first kappa shape index (κ1) is 18.9. The van der Waals surface area contributed by atoms with Crippen LogP contribution in [0.15, 0.2) is 30.3 Å². The molecule has 0 aliphatic heterocycles. The van der Waals surface area contributed by atoms with Gasteiger partial charge in [0.15, 0.2) is 0 Å². The topological polar surface area (TPSA) is 148 Å². The first-order chi connectivity index (χ1) is 11.3. The molecule has 1 aromatic rings. The Hall–Kier alpha value is -3.10. The number of aliphatic carboxylic acids is 1. The van der Waals surface area contributed by atoms with E-state index in [1.54, 1.807) is 24.3 Å². The van der Waals surface area contributed by atoms with Crippen LogP contribution in [-0.4, -0.2) is 41.1 Å². The van der Waals surface area contributed by atoms with Crippen molar-refractivity contribution < 1.29 is 29.0 Å². The third-order valence-corrected chi connectivity index (χ3v) is 2.96. The standard InChI is InChI=1S/C15H19N3O6/c1-9(13(20)18-11(14(21)22)7-12(16)19)17-15(23)24-8-10-5-3-2-4-6-10/h2-6,9,11H,7-8H2,1H3,(H2,16,19)(H,17,23)(H,18,20)(H,21,22)/t9-,11-/m1/s1. The van der Waals surface area contributed by atoms with Gasteiger partial charge in [0.05, 0.1) is 6.42 Å². The lowest BCUT2D eigenvalue weighted by Crippen LogP contribution is -2.51. The molecule has 0 saturated carbocycles. The third kappa shape index (κ3) is 6.77. The van der Waals surface area contributed by atoms with E-state index in [-0.39, 0.29) is 6.61 Å². The van der Waals surface area contributed by atoms with Gasteiger partial charge in [0.1, 0.15) is 18.7 Å². The monoisotopic (exact) mass is 337 g/mol. The second-order valence-electron chi connectivity index (χ2n) is 5.00. The Morgan fingerprint density at radius 2 is 1.79 bits per heavy atom.